The number of benzene rings is 2. The largest absolute Gasteiger partial charge is 0.342 e. The number of nitrogens with zero attached hydrogens (tertiary/aromatic N) is 3. The third-order valence-corrected chi connectivity index (χ3v) is 8.29. The Hall–Kier alpha value is -3.33. The zero-order chi connectivity index (χ0) is 27.8. The van der Waals surface area contributed by atoms with Gasteiger partial charge in [0.1, 0.15) is 29.8 Å². The predicted molar refractivity (Wildman–Crippen MR) is 143 cm³/mol. The van der Waals surface area contributed by atoms with Crippen molar-refractivity contribution in [2.75, 3.05) is 33.2 Å². The number of carbonyl (C=O) groups excluding carboxylic acids is 3. The minimum absolute atomic E-state index is 0.0285. The summed E-state index contributed by atoms with van der Waals surface area (Å²) < 4.78 is 29.3. The van der Waals surface area contributed by atoms with Crippen molar-refractivity contribution in [2.45, 2.75) is 51.2 Å². The second kappa shape index (κ2) is 11.0. The molecule has 208 valence electrons. The first kappa shape index (κ1) is 27.2. The zero-order valence-electron chi connectivity index (χ0n) is 22.7. The van der Waals surface area contributed by atoms with Crippen LogP contribution in [0, 0.1) is 23.5 Å². The monoisotopic (exact) mass is 538 g/mol. The van der Waals surface area contributed by atoms with Crippen LogP contribution < -0.4 is 5.32 Å². The van der Waals surface area contributed by atoms with Gasteiger partial charge in [-0.1, -0.05) is 44.2 Å². The van der Waals surface area contributed by atoms with Crippen LogP contribution in [0.25, 0.3) is 0 Å². The van der Waals surface area contributed by atoms with Crippen molar-refractivity contribution in [3.63, 3.8) is 0 Å². The number of nitrogens with one attached hydrogen (secondary N) is 1. The van der Waals surface area contributed by atoms with E-state index in [2.05, 4.69) is 10.2 Å². The number of fused-ring (bicyclic) bond motifs is 1. The van der Waals surface area contributed by atoms with Crippen molar-refractivity contribution in [1.82, 2.24) is 20.0 Å². The van der Waals surface area contributed by atoms with Crippen LogP contribution in [-0.2, 0) is 27.2 Å². The molecule has 1 unspecified atom stereocenters. The summed E-state index contributed by atoms with van der Waals surface area (Å²) in [7, 11) is 1.96. The lowest BCUT2D eigenvalue weighted by Gasteiger charge is -2.46. The number of hydrogen-bond acceptors (Lipinski definition) is 4. The first-order valence-electron chi connectivity index (χ1n) is 13.8. The lowest BCUT2D eigenvalue weighted by Crippen LogP contribution is -2.67. The molecule has 3 aliphatic rings. The molecule has 9 heteroatoms. The number of likely N-dealkylation sites (N-methyl/N-ethyl adjacent to an activating group) is 1. The van der Waals surface area contributed by atoms with Crippen LogP contribution in [0.1, 0.15) is 43.0 Å². The van der Waals surface area contributed by atoms with Crippen molar-refractivity contribution < 1.29 is 23.2 Å². The van der Waals surface area contributed by atoms with Crippen LogP contribution in [0.15, 0.2) is 42.5 Å². The van der Waals surface area contributed by atoms with E-state index in [-0.39, 0.29) is 23.3 Å². The average molecular weight is 539 g/mol. The van der Waals surface area contributed by atoms with Crippen molar-refractivity contribution in [3.8, 4) is 0 Å². The van der Waals surface area contributed by atoms with Crippen molar-refractivity contribution in [2.24, 2.45) is 11.8 Å². The van der Waals surface area contributed by atoms with Gasteiger partial charge in [-0.15, -0.1) is 0 Å². The fourth-order valence-corrected chi connectivity index (χ4v) is 6.20. The zero-order valence-corrected chi connectivity index (χ0v) is 22.7. The Morgan fingerprint density at radius 1 is 1.00 bits per heavy atom. The van der Waals surface area contributed by atoms with Crippen molar-refractivity contribution >= 4 is 17.7 Å². The normalized spacial score (nSPS) is 23.2. The quantitative estimate of drug-likeness (QED) is 0.614. The summed E-state index contributed by atoms with van der Waals surface area (Å²) in [6, 6.07) is 7.84. The summed E-state index contributed by atoms with van der Waals surface area (Å²) >= 11 is 0. The molecule has 2 saturated heterocycles. The lowest BCUT2D eigenvalue weighted by atomic mass is 9.87. The van der Waals surface area contributed by atoms with Crippen molar-refractivity contribution in [3.05, 3.63) is 70.8 Å². The van der Waals surface area contributed by atoms with E-state index >= 15 is 4.39 Å². The molecule has 2 aromatic rings. The van der Waals surface area contributed by atoms with Gasteiger partial charge in [0.2, 0.25) is 17.7 Å². The van der Waals surface area contributed by atoms with Crippen LogP contribution in [0.3, 0.4) is 0 Å². The molecule has 0 radical (unpaired) electrons. The molecule has 2 heterocycles. The summed E-state index contributed by atoms with van der Waals surface area (Å²) in [4.78, 5) is 47.2. The molecule has 1 N–H and O–H groups in total. The Bertz CT molecular complexity index is 1240. The Morgan fingerprint density at radius 3 is 2.23 bits per heavy atom. The molecular formula is C30H36F2N4O3. The molecule has 2 fully saturated rings. The Balaban J connectivity index is 1.56. The minimum atomic E-state index is -1.37. The van der Waals surface area contributed by atoms with Gasteiger partial charge in [0.15, 0.2) is 0 Å². The van der Waals surface area contributed by atoms with Gasteiger partial charge in [0.05, 0.1) is 0 Å². The van der Waals surface area contributed by atoms with E-state index in [0.717, 1.165) is 23.3 Å². The standard InChI is InChI=1S/C30H36F2N4O3/c1-18(2)14-25-28(37)33-26(21-15-19-6-4-5-7-20(19)16-21)29(38)36(25)27(23-9-8-22(31)17-24(23)32)30(39)35-12-10-34(3)11-13-35/h4-9,17-18,21,25-27H,10-16H2,1-3H3,(H,33,37)/t25-,26?,27-/m1/s1. The lowest BCUT2D eigenvalue weighted by molar-refractivity contribution is -0.161. The van der Waals surface area contributed by atoms with E-state index in [1.165, 1.54) is 11.0 Å². The van der Waals surface area contributed by atoms with E-state index in [1.54, 1.807) is 4.90 Å². The topological polar surface area (TPSA) is 73.0 Å². The Morgan fingerprint density at radius 2 is 1.64 bits per heavy atom. The van der Waals surface area contributed by atoms with Gasteiger partial charge in [0.25, 0.3) is 0 Å². The van der Waals surface area contributed by atoms with Crippen LogP contribution in [0.2, 0.25) is 0 Å². The fourth-order valence-electron chi connectivity index (χ4n) is 6.20. The molecule has 0 spiro atoms. The highest BCUT2D eigenvalue weighted by molar-refractivity contribution is 6.00. The van der Waals surface area contributed by atoms with Gasteiger partial charge in [-0.25, -0.2) is 8.78 Å². The summed E-state index contributed by atoms with van der Waals surface area (Å²) in [5, 5.41) is 2.97. The average Bonchev–Trinajstić information content (AvgIpc) is 3.33. The fraction of sp³-hybridized carbons (Fsp3) is 0.500. The molecule has 0 aromatic heterocycles. The second-order valence-corrected chi connectivity index (χ2v) is 11.5. The summed E-state index contributed by atoms with van der Waals surface area (Å²) in [5.74, 6) is -3.02. The predicted octanol–water partition coefficient (Wildman–Crippen LogP) is 2.94. The number of hydrogen-bond donors (Lipinski definition) is 1. The van der Waals surface area contributed by atoms with E-state index in [1.807, 2.05) is 45.2 Å². The number of amides is 3. The Labute approximate surface area is 228 Å². The smallest absolute Gasteiger partial charge is 0.250 e. The molecule has 7 nitrogen and oxygen atoms in total. The maximum absolute atomic E-state index is 15.4. The van der Waals surface area contributed by atoms with Gasteiger partial charge in [-0.3, -0.25) is 14.4 Å². The maximum Gasteiger partial charge on any atom is 0.250 e. The van der Waals surface area contributed by atoms with E-state index in [0.29, 0.717) is 45.4 Å². The second-order valence-electron chi connectivity index (χ2n) is 11.5. The van der Waals surface area contributed by atoms with Crippen LogP contribution in [0.4, 0.5) is 8.78 Å². The highest BCUT2D eigenvalue weighted by Gasteiger charge is 2.50. The van der Waals surface area contributed by atoms with E-state index in [9.17, 15) is 18.8 Å². The Kier molecular flexibility index (Phi) is 7.71. The van der Waals surface area contributed by atoms with E-state index < -0.39 is 41.6 Å². The molecule has 3 atom stereocenters. The molecule has 5 rings (SSSR count). The summed E-state index contributed by atoms with van der Waals surface area (Å²) in [6.45, 7) is 5.98. The summed E-state index contributed by atoms with van der Waals surface area (Å²) in [5.41, 5.74) is 2.18. The molecule has 0 saturated carbocycles. The number of carbonyl (C=O) groups is 3. The van der Waals surface area contributed by atoms with Crippen LogP contribution in [0.5, 0.6) is 0 Å². The van der Waals surface area contributed by atoms with Gasteiger partial charge in [-0.05, 0) is 55.3 Å². The number of rotatable bonds is 6. The number of piperazine rings is 2. The maximum atomic E-state index is 15.4. The molecule has 1 aliphatic carbocycles. The molecule has 2 aliphatic heterocycles. The van der Waals surface area contributed by atoms with Crippen molar-refractivity contribution in [1.29, 1.82) is 0 Å². The van der Waals surface area contributed by atoms with Gasteiger partial charge in [-0.2, -0.15) is 0 Å². The molecular weight excluding hydrogens is 502 g/mol. The van der Waals surface area contributed by atoms with Crippen LogP contribution in [-0.4, -0.2) is 77.7 Å². The van der Waals surface area contributed by atoms with Gasteiger partial charge < -0.3 is 20.0 Å². The first-order chi connectivity index (χ1) is 18.6. The van der Waals surface area contributed by atoms with Gasteiger partial charge in [0, 0.05) is 37.8 Å². The molecule has 0 bridgehead atoms. The molecule has 39 heavy (non-hydrogen) atoms. The summed E-state index contributed by atoms with van der Waals surface area (Å²) in [6.07, 6.45) is 1.56. The highest BCUT2D eigenvalue weighted by atomic mass is 19.1. The highest BCUT2D eigenvalue weighted by Crippen LogP contribution is 2.36. The SMILES string of the molecule is CC(C)C[C@@H]1C(=O)NC(C2Cc3ccccc3C2)C(=O)N1[C@@H](C(=O)N1CCN(C)CC1)c1ccc(F)cc1F. The minimum Gasteiger partial charge on any atom is -0.342 e. The van der Waals surface area contributed by atoms with Crippen LogP contribution >= 0.6 is 0 Å². The van der Waals surface area contributed by atoms with E-state index in [4.69, 9.17) is 0 Å². The third kappa shape index (κ3) is 5.41. The molecule has 3 amide bonds. The third-order valence-electron chi connectivity index (χ3n) is 8.29. The first-order valence-corrected chi connectivity index (χ1v) is 13.8. The number of halogens is 2. The van der Waals surface area contributed by atoms with Gasteiger partial charge >= 0.3 is 0 Å². The molecule has 2 aromatic carbocycles.